The van der Waals surface area contributed by atoms with Crippen LogP contribution in [-0.4, -0.2) is 48.4 Å². The number of carbonyl (C=O) groups excluding carboxylic acids is 4. The van der Waals surface area contributed by atoms with E-state index in [1.807, 2.05) is 24.8 Å². The summed E-state index contributed by atoms with van der Waals surface area (Å²) < 4.78 is 5.94. The van der Waals surface area contributed by atoms with Crippen molar-refractivity contribution in [3.8, 4) is 6.07 Å². The van der Waals surface area contributed by atoms with Crippen LogP contribution in [0.2, 0.25) is 0 Å². The van der Waals surface area contributed by atoms with E-state index in [0.717, 1.165) is 5.69 Å². The Hall–Kier alpha value is -3.25. The normalized spacial score (nSPS) is 27.4. The molecule has 0 unspecified atom stereocenters. The predicted octanol–water partition coefficient (Wildman–Crippen LogP) is 0.674. The van der Waals surface area contributed by atoms with Gasteiger partial charge in [-0.3, -0.25) is 25.0 Å². The Morgan fingerprint density at radius 3 is 2.62 bits per heavy atom. The molecule has 3 atom stereocenters. The van der Waals surface area contributed by atoms with Crippen LogP contribution in [0.1, 0.15) is 36.2 Å². The van der Waals surface area contributed by atoms with Crippen molar-refractivity contribution in [3.63, 3.8) is 0 Å². The van der Waals surface area contributed by atoms with Gasteiger partial charge in [-0.25, -0.2) is 4.79 Å². The van der Waals surface area contributed by atoms with Crippen molar-refractivity contribution in [1.29, 1.82) is 5.26 Å². The molecular formula is C20H20N4O5. The number of nitrogens with one attached hydrogen (secondary N) is 2. The van der Waals surface area contributed by atoms with E-state index in [2.05, 4.69) is 10.6 Å². The van der Waals surface area contributed by atoms with Crippen LogP contribution < -0.4 is 15.5 Å². The van der Waals surface area contributed by atoms with E-state index in [0.29, 0.717) is 17.7 Å². The van der Waals surface area contributed by atoms with Crippen LogP contribution in [0.3, 0.4) is 0 Å². The first-order chi connectivity index (χ1) is 13.8. The molecule has 9 nitrogen and oxygen atoms in total. The number of carbonyl (C=O) groups is 4. The summed E-state index contributed by atoms with van der Waals surface area (Å²) in [5.41, 5.74) is 0.234. The van der Waals surface area contributed by atoms with Crippen LogP contribution in [0.4, 0.5) is 10.5 Å². The summed E-state index contributed by atoms with van der Waals surface area (Å²) in [6.07, 6.45) is -0.824. The number of hydrogen-bond acceptors (Lipinski definition) is 7. The zero-order valence-corrected chi connectivity index (χ0v) is 16.0. The molecule has 9 heteroatoms. The minimum Gasteiger partial charge on any atom is -0.372 e. The van der Waals surface area contributed by atoms with Crippen molar-refractivity contribution >= 4 is 29.3 Å². The molecule has 1 aromatic carbocycles. The maximum Gasteiger partial charge on any atom is 0.328 e. The van der Waals surface area contributed by atoms with Gasteiger partial charge in [0, 0.05) is 17.8 Å². The Kier molecular flexibility index (Phi) is 4.39. The van der Waals surface area contributed by atoms with Crippen LogP contribution in [0.5, 0.6) is 0 Å². The van der Waals surface area contributed by atoms with Gasteiger partial charge in [-0.2, -0.15) is 5.26 Å². The summed E-state index contributed by atoms with van der Waals surface area (Å²) >= 11 is 0. The van der Waals surface area contributed by atoms with Gasteiger partial charge in [-0.1, -0.05) is 0 Å². The highest BCUT2D eigenvalue weighted by molar-refractivity contribution is 6.20. The molecule has 3 aliphatic heterocycles. The van der Waals surface area contributed by atoms with E-state index in [-0.39, 0.29) is 24.7 Å². The highest BCUT2D eigenvalue weighted by Crippen LogP contribution is 2.46. The van der Waals surface area contributed by atoms with Gasteiger partial charge >= 0.3 is 6.03 Å². The summed E-state index contributed by atoms with van der Waals surface area (Å²) in [6.45, 7) is 4.16. The number of fused-ring (bicyclic) bond motifs is 4. The van der Waals surface area contributed by atoms with Gasteiger partial charge in [0.25, 0.3) is 0 Å². The summed E-state index contributed by atoms with van der Waals surface area (Å²) in [6, 6.07) is 5.45. The molecule has 0 aromatic heterocycles. The molecule has 1 aromatic rings. The molecule has 150 valence electrons. The minimum atomic E-state index is -1.57. The number of amides is 4. The maximum absolute atomic E-state index is 13.0. The summed E-state index contributed by atoms with van der Waals surface area (Å²) in [5.74, 6) is -1.68. The van der Waals surface area contributed by atoms with Crippen molar-refractivity contribution in [2.24, 2.45) is 5.41 Å². The largest absolute Gasteiger partial charge is 0.372 e. The Bertz CT molecular complexity index is 962. The van der Waals surface area contributed by atoms with E-state index in [9.17, 15) is 19.2 Å². The predicted molar refractivity (Wildman–Crippen MR) is 100.0 cm³/mol. The lowest BCUT2D eigenvalue weighted by atomic mass is 9.66. The Morgan fingerprint density at radius 1 is 1.28 bits per heavy atom. The van der Waals surface area contributed by atoms with Gasteiger partial charge in [0.2, 0.25) is 11.8 Å². The smallest absolute Gasteiger partial charge is 0.328 e. The number of anilines is 1. The number of benzene rings is 1. The fourth-order valence-corrected chi connectivity index (χ4v) is 4.80. The number of imide groups is 2. The van der Waals surface area contributed by atoms with E-state index >= 15 is 0 Å². The third kappa shape index (κ3) is 2.79. The van der Waals surface area contributed by atoms with Crippen LogP contribution >= 0.6 is 0 Å². The van der Waals surface area contributed by atoms with Gasteiger partial charge in [-0.05, 0) is 44.0 Å². The quantitative estimate of drug-likeness (QED) is 0.555. The number of urea groups is 1. The van der Waals surface area contributed by atoms with Crippen molar-refractivity contribution in [2.45, 2.75) is 44.9 Å². The molecule has 0 aliphatic carbocycles. The molecule has 29 heavy (non-hydrogen) atoms. The third-order valence-corrected chi connectivity index (χ3v) is 5.87. The Balaban J connectivity index is 1.88. The highest BCUT2D eigenvalue weighted by Gasteiger charge is 2.62. The fourth-order valence-electron chi connectivity index (χ4n) is 4.80. The zero-order chi connectivity index (χ0) is 20.9. The number of morpholine rings is 1. The second kappa shape index (κ2) is 6.67. The van der Waals surface area contributed by atoms with Crippen LogP contribution in [0, 0.1) is 16.7 Å². The molecule has 0 saturated carbocycles. The molecule has 2 fully saturated rings. The van der Waals surface area contributed by atoms with Crippen LogP contribution in [-0.2, 0) is 20.7 Å². The number of ether oxygens (including phenoxy) is 1. The van der Waals surface area contributed by atoms with Gasteiger partial charge < -0.3 is 9.64 Å². The molecule has 2 N–H and O–H groups in total. The lowest BCUT2D eigenvalue weighted by Crippen LogP contribution is -2.75. The first-order valence-electron chi connectivity index (χ1n) is 9.40. The molecule has 4 rings (SSSR count). The molecular weight excluding hydrogens is 376 g/mol. The number of nitriles is 1. The second-order valence-electron chi connectivity index (χ2n) is 7.74. The van der Waals surface area contributed by atoms with Crippen molar-refractivity contribution < 1.29 is 23.9 Å². The molecule has 0 radical (unpaired) electrons. The molecule has 0 bridgehead atoms. The summed E-state index contributed by atoms with van der Waals surface area (Å²) in [5, 5.41) is 13.3. The number of ketones is 1. The van der Waals surface area contributed by atoms with E-state index in [1.165, 1.54) is 0 Å². The number of nitrogens with zero attached hydrogens (tertiary/aromatic N) is 2. The lowest BCUT2D eigenvalue weighted by molar-refractivity contribution is -0.153. The maximum atomic E-state index is 13.0. The standard InChI is InChI=1S/C20H20N4O5/c1-10-9-24-14-4-3-12(15(25)5-6-21)7-13(14)8-20(16(24)11(2)29-10)17(26)22-19(28)23-18(20)27/h3-4,7,10-11,16H,5,8-9H2,1-2H3,(H2,22,23,26,27,28)/t10-,11+,16-/m1/s1. The lowest BCUT2D eigenvalue weighted by Gasteiger charge is -2.55. The summed E-state index contributed by atoms with van der Waals surface area (Å²) in [4.78, 5) is 51.9. The average Bonchev–Trinajstić information content (AvgIpc) is 2.65. The number of barbiturate groups is 1. The van der Waals surface area contributed by atoms with Gasteiger partial charge in [-0.15, -0.1) is 0 Å². The number of rotatable bonds is 2. The number of Topliss-reactive ketones (excluding diaryl/α,β-unsaturated/α-hetero) is 1. The Morgan fingerprint density at radius 2 is 1.97 bits per heavy atom. The van der Waals surface area contributed by atoms with Crippen LogP contribution in [0.15, 0.2) is 18.2 Å². The van der Waals surface area contributed by atoms with E-state index in [4.69, 9.17) is 10.00 Å². The highest BCUT2D eigenvalue weighted by atomic mass is 16.5. The monoisotopic (exact) mass is 396 g/mol. The van der Waals surface area contributed by atoms with Gasteiger partial charge in [0.15, 0.2) is 11.2 Å². The first kappa shape index (κ1) is 19.1. The molecule has 2 saturated heterocycles. The first-order valence-corrected chi connectivity index (χ1v) is 9.40. The van der Waals surface area contributed by atoms with E-state index < -0.39 is 35.4 Å². The zero-order valence-electron chi connectivity index (χ0n) is 16.0. The van der Waals surface area contributed by atoms with E-state index in [1.54, 1.807) is 18.2 Å². The van der Waals surface area contributed by atoms with Crippen molar-refractivity contribution in [3.05, 3.63) is 29.3 Å². The van der Waals surface area contributed by atoms with Gasteiger partial charge in [0.05, 0.1) is 30.7 Å². The molecule has 1 spiro atoms. The second-order valence-corrected chi connectivity index (χ2v) is 7.74. The third-order valence-electron chi connectivity index (χ3n) is 5.87. The fraction of sp³-hybridized carbons (Fsp3) is 0.450. The average molecular weight is 396 g/mol. The number of hydrogen-bond donors (Lipinski definition) is 2. The molecule has 4 amide bonds. The van der Waals surface area contributed by atoms with Crippen molar-refractivity contribution in [1.82, 2.24) is 10.6 Å². The SMILES string of the molecule is C[C@@H]1CN2c3ccc(C(=O)CC#N)cc3CC3(C(=O)NC(=O)NC3=O)[C@H]2[C@H](C)O1. The molecule has 3 heterocycles. The topological polar surface area (TPSA) is 129 Å². The van der Waals surface area contributed by atoms with Crippen LogP contribution in [0.25, 0.3) is 0 Å². The Labute approximate surface area is 167 Å². The van der Waals surface area contributed by atoms with Crippen molar-refractivity contribution in [2.75, 3.05) is 11.4 Å². The van der Waals surface area contributed by atoms with Gasteiger partial charge in [0.1, 0.15) is 0 Å². The summed E-state index contributed by atoms with van der Waals surface area (Å²) in [7, 11) is 0. The molecule has 3 aliphatic rings. The minimum absolute atomic E-state index is 0.0181.